The van der Waals surface area contributed by atoms with Crippen molar-refractivity contribution in [3.63, 3.8) is 0 Å². The molecule has 0 bridgehead atoms. The van der Waals surface area contributed by atoms with Crippen LogP contribution in [0.3, 0.4) is 0 Å². The van der Waals surface area contributed by atoms with Crippen molar-refractivity contribution < 1.29 is 9.18 Å². The first-order chi connectivity index (χ1) is 10.0. The van der Waals surface area contributed by atoms with Gasteiger partial charge < -0.3 is 0 Å². The van der Waals surface area contributed by atoms with Gasteiger partial charge in [0.15, 0.2) is 10.8 Å². The molecule has 6 heteroatoms. The third-order valence-electron chi connectivity index (χ3n) is 3.01. The highest BCUT2D eigenvalue weighted by Crippen LogP contribution is 2.28. The molecule has 1 amide bonds. The number of carbonyl (C=O) groups excluding carboxylic acids is 1. The van der Waals surface area contributed by atoms with E-state index < -0.39 is 11.7 Å². The van der Waals surface area contributed by atoms with Crippen LogP contribution in [0.4, 0.5) is 9.52 Å². The number of nitrogens with zero attached hydrogens (tertiary/aromatic N) is 2. The smallest absolute Gasteiger partial charge is 0.260 e. The van der Waals surface area contributed by atoms with Gasteiger partial charge in [-0.15, -0.1) is 0 Å². The molecule has 0 saturated heterocycles. The standard InChI is InChI=1S/C15H12FN3OS/c1-8-7-9(2)17-13-12(8)21-15(18-13)19-14(20)10-5-3-4-6-11(10)16/h3-7H,1-2H3,(H,17,18,19,20). The van der Waals surface area contributed by atoms with E-state index in [9.17, 15) is 9.18 Å². The van der Waals surface area contributed by atoms with Gasteiger partial charge in [-0.1, -0.05) is 23.5 Å². The first-order valence-corrected chi connectivity index (χ1v) is 7.17. The molecule has 106 valence electrons. The maximum Gasteiger partial charge on any atom is 0.260 e. The highest BCUT2D eigenvalue weighted by atomic mass is 32.1. The van der Waals surface area contributed by atoms with Crippen LogP contribution in [0.25, 0.3) is 10.3 Å². The summed E-state index contributed by atoms with van der Waals surface area (Å²) in [5.41, 5.74) is 2.53. The van der Waals surface area contributed by atoms with Gasteiger partial charge in [0.1, 0.15) is 5.82 Å². The number of hydrogen-bond acceptors (Lipinski definition) is 4. The molecule has 4 nitrogen and oxygen atoms in total. The second-order valence-corrected chi connectivity index (χ2v) is 5.69. The number of thiazole rings is 1. The van der Waals surface area contributed by atoms with E-state index in [1.807, 2.05) is 19.9 Å². The van der Waals surface area contributed by atoms with Crippen LogP contribution < -0.4 is 5.32 Å². The van der Waals surface area contributed by atoms with Crippen molar-refractivity contribution in [2.24, 2.45) is 0 Å². The number of hydrogen-bond donors (Lipinski definition) is 1. The zero-order valence-electron chi connectivity index (χ0n) is 11.5. The van der Waals surface area contributed by atoms with Gasteiger partial charge in [0, 0.05) is 5.69 Å². The van der Waals surface area contributed by atoms with Gasteiger partial charge >= 0.3 is 0 Å². The lowest BCUT2D eigenvalue weighted by molar-refractivity contribution is 0.102. The van der Waals surface area contributed by atoms with Crippen molar-refractivity contribution in [1.82, 2.24) is 9.97 Å². The summed E-state index contributed by atoms with van der Waals surface area (Å²) in [6.45, 7) is 3.86. The predicted molar refractivity (Wildman–Crippen MR) is 81.2 cm³/mol. The molecule has 0 aliphatic carbocycles. The van der Waals surface area contributed by atoms with E-state index in [2.05, 4.69) is 15.3 Å². The number of rotatable bonds is 2. The van der Waals surface area contributed by atoms with Crippen LogP contribution >= 0.6 is 11.3 Å². The van der Waals surface area contributed by atoms with Gasteiger partial charge in [-0.25, -0.2) is 9.37 Å². The molecule has 0 unspecified atom stereocenters. The molecule has 2 heterocycles. The van der Waals surface area contributed by atoms with Crippen molar-refractivity contribution in [2.75, 3.05) is 5.32 Å². The van der Waals surface area contributed by atoms with Crippen LogP contribution in [-0.4, -0.2) is 15.9 Å². The van der Waals surface area contributed by atoms with Gasteiger partial charge in [-0.2, -0.15) is 4.98 Å². The second-order valence-electron chi connectivity index (χ2n) is 4.69. The lowest BCUT2D eigenvalue weighted by Crippen LogP contribution is -2.13. The monoisotopic (exact) mass is 301 g/mol. The molecular weight excluding hydrogens is 289 g/mol. The Kier molecular flexibility index (Phi) is 3.39. The zero-order valence-corrected chi connectivity index (χ0v) is 12.3. The summed E-state index contributed by atoms with van der Waals surface area (Å²) in [6, 6.07) is 7.81. The molecule has 2 aromatic heterocycles. The molecular formula is C15H12FN3OS. The first kappa shape index (κ1) is 13.6. The Morgan fingerprint density at radius 1 is 1.24 bits per heavy atom. The molecule has 3 rings (SSSR count). The van der Waals surface area contributed by atoms with Crippen LogP contribution in [0.15, 0.2) is 30.3 Å². The average Bonchev–Trinajstić information content (AvgIpc) is 2.81. The number of amides is 1. The average molecular weight is 301 g/mol. The van der Waals surface area contributed by atoms with Gasteiger partial charge in [0.05, 0.1) is 10.3 Å². The third-order valence-corrected chi connectivity index (χ3v) is 4.11. The predicted octanol–water partition coefficient (Wildman–Crippen LogP) is 3.70. The Morgan fingerprint density at radius 2 is 2.00 bits per heavy atom. The molecule has 0 saturated carbocycles. The van der Waals surface area contributed by atoms with Gasteiger partial charge in [-0.3, -0.25) is 10.1 Å². The van der Waals surface area contributed by atoms with Crippen molar-refractivity contribution >= 4 is 32.7 Å². The third kappa shape index (κ3) is 2.62. The van der Waals surface area contributed by atoms with Crippen LogP contribution in [0.5, 0.6) is 0 Å². The fourth-order valence-corrected chi connectivity index (χ4v) is 2.96. The van der Waals surface area contributed by atoms with E-state index in [0.29, 0.717) is 10.8 Å². The molecule has 0 fully saturated rings. The van der Waals surface area contributed by atoms with Crippen molar-refractivity contribution in [3.8, 4) is 0 Å². The molecule has 1 aromatic carbocycles. The number of anilines is 1. The summed E-state index contributed by atoms with van der Waals surface area (Å²) >= 11 is 1.33. The SMILES string of the molecule is Cc1cc(C)c2sc(NC(=O)c3ccccc3F)nc2n1. The Bertz CT molecular complexity index is 844. The minimum absolute atomic E-state index is 0.00221. The van der Waals surface area contributed by atoms with Crippen molar-refractivity contribution in [1.29, 1.82) is 0 Å². The molecule has 3 aromatic rings. The van der Waals surface area contributed by atoms with Gasteiger partial charge in [0.2, 0.25) is 0 Å². The van der Waals surface area contributed by atoms with Crippen LogP contribution in [0.1, 0.15) is 21.6 Å². The summed E-state index contributed by atoms with van der Waals surface area (Å²) in [4.78, 5) is 20.7. The summed E-state index contributed by atoms with van der Waals surface area (Å²) in [5, 5.41) is 3.04. The largest absolute Gasteiger partial charge is 0.298 e. The number of benzene rings is 1. The van der Waals surface area contributed by atoms with E-state index in [0.717, 1.165) is 16.0 Å². The summed E-state index contributed by atoms with van der Waals surface area (Å²) in [7, 11) is 0. The summed E-state index contributed by atoms with van der Waals surface area (Å²) < 4.78 is 14.5. The number of pyridine rings is 1. The lowest BCUT2D eigenvalue weighted by atomic mass is 10.2. The van der Waals surface area contributed by atoms with E-state index in [-0.39, 0.29) is 5.56 Å². The fraction of sp³-hybridized carbons (Fsp3) is 0.133. The Labute approximate surface area is 124 Å². The molecule has 0 spiro atoms. The fourth-order valence-electron chi connectivity index (χ4n) is 2.09. The van der Waals surface area contributed by atoms with Crippen LogP contribution in [0.2, 0.25) is 0 Å². The Hall–Kier alpha value is -2.34. The molecule has 0 aliphatic heterocycles. The minimum Gasteiger partial charge on any atom is -0.298 e. The summed E-state index contributed by atoms with van der Waals surface area (Å²) in [6.07, 6.45) is 0. The van der Waals surface area contributed by atoms with E-state index >= 15 is 0 Å². The zero-order chi connectivity index (χ0) is 15.0. The first-order valence-electron chi connectivity index (χ1n) is 6.35. The number of fused-ring (bicyclic) bond motifs is 1. The highest BCUT2D eigenvalue weighted by molar-refractivity contribution is 7.22. The van der Waals surface area contributed by atoms with E-state index in [1.165, 1.54) is 23.5 Å². The molecule has 0 radical (unpaired) electrons. The number of halogens is 1. The quantitative estimate of drug-likeness (QED) is 0.785. The highest BCUT2D eigenvalue weighted by Gasteiger charge is 2.14. The van der Waals surface area contributed by atoms with Crippen molar-refractivity contribution in [3.05, 3.63) is 53.0 Å². The maximum atomic E-state index is 13.6. The number of nitrogens with one attached hydrogen (secondary N) is 1. The van der Waals surface area contributed by atoms with Crippen LogP contribution in [0, 0.1) is 19.7 Å². The maximum absolute atomic E-state index is 13.6. The van der Waals surface area contributed by atoms with Gasteiger partial charge in [-0.05, 0) is 37.6 Å². The lowest BCUT2D eigenvalue weighted by Gasteiger charge is -2.01. The van der Waals surface area contributed by atoms with E-state index in [4.69, 9.17) is 0 Å². The number of aryl methyl sites for hydroxylation is 2. The van der Waals surface area contributed by atoms with Gasteiger partial charge in [0.25, 0.3) is 5.91 Å². The van der Waals surface area contributed by atoms with E-state index in [1.54, 1.807) is 12.1 Å². The Balaban J connectivity index is 1.94. The molecule has 1 N–H and O–H groups in total. The Morgan fingerprint density at radius 3 is 2.76 bits per heavy atom. The number of carbonyl (C=O) groups is 1. The molecule has 0 atom stereocenters. The van der Waals surface area contributed by atoms with Crippen molar-refractivity contribution in [2.45, 2.75) is 13.8 Å². The normalized spacial score (nSPS) is 10.8. The number of aromatic nitrogens is 2. The molecule has 21 heavy (non-hydrogen) atoms. The minimum atomic E-state index is -0.554. The summed E-state index contributed by atoms with van der Waals surface area (Å²) in [5.74, 6) is -1.07. The topological polar surface area (TPSA) is 54.9 Å². The molecule has 0 aliphatic rings. The second kappa shape index (κ2) is 5.21. The van der Waals surface area contributed by atoms with Crippen LogP contribution in [-0.2, 0) is 0 Å².